The topological polar surface area (TPSA) is 126 Å². The normalized spacial score (nSPS) is 15.6. The Labute approximate surface area is 217 Å². The van der Waals surface area contributed by atoms with Crippen LogP contribution < -0.4 is 15.8 Å². The number of alkyl halides is 3. The molecule has 2 aromatic carbocycles. The van der Waals surface area contributed by atoms with E-state index in [9.17, 15) is 21.6 Å². The average Bonchev–Trinajstić information content (AvgIpc) is 3.22. The molecule has 0 spiro atoms. The van der Waals surface area contributed by atoms with Gasteiger partial charge in [-0.05, 0) is 42.7 Å². The van der Waals surface area contributed by atoms with E-state index in [1.807, 2.05) is 0 Å². The minimum absolute atomic E-state index is 0.0113. The van der Waals surface area contributed by atoms with Crippen molar-refractivity contribution < 1.29 is 26.3 Å². The van der Waals surface area contributed by atoms with E-state index in [4.69, 9.17) is 22.1 Å². The van der Waals surface area contributed by atoms with Gasteiger partial charge in [-0.3, -0.25) is 0 Å². The molecule has 1 fully saturated rings. The zero-order valence-electron chi connectivity index (χ0n) is 19.8. The second-order valence-corrected chi connectivity index (χ2v) is 11.5. The summed E-state index contributed by atoms with van der Waals surface area (Å²) in [7, 11) is -3.01. The monoisotopic (exact) mass is 558 g/mol. The number of H-pyrrole nitrogens is 1. The van der Waals surface area contributed by atoms with Gasteiger partial charge in [0.05, 0.1) is 16.3 Å². The number of hydrogen-bond donors (Lipinski definition) is 3. The largest absolute Gasteiger partial charge is 0.490 e. The molecule has 0 radical (unpaired) electrons. The molecular weight excluding hydrogens is 533 g/mol. The Hall–Kier alpha value is -3.03. The molecule has 0 saturated carbocycles. The predicted molar refractivity (Wildman–Crippen MR) is 136 cm³/mol. The molecule has 200 valence electrons. The van der Waals surface area contributed by atoms with Gasteiger partial charge in [0.2, 0.25) is 11.9 Å². The maximum absolute atomic E-state index is 14.0. The lowest BCUT2D eigenvalue weighted by atomic mass is 9.98. The lowest BCUT2D eigenvalue weighted by molar-refractivity contribution is -0.137. The third-order valence-corrected chi connectivity index (χ3v) is 7.14. The summed E-state index contributed by atoms with van der Waals surface area (Å²) >= 11 is 6.32. The second-order valence-electron chi connectivity index (χ2n) is 8.86. The Bertz CT molecular complexity index is 1340. The number of piperidine rings is 1. The Morgan fingerprint density at radius 2 is 1.89 bits per heavy atom. The van der Waals surface area contributed by atoms with Crippen molar-refractivity contribution in [2.45, 2.75) is 25.1 Å². The lowest BCUT2D eigenvalue weighted by Gasteiger charge is -2.32. The van der Waals surface area contributed by atoms with Crippen molar-refractivity contribution in [3.05, 3.63) is 47.0 Å². The van der Waals surface area contributed by atoms with E-state index in [1.54, 1.807) is 12.1 Å². The number of nitrogen functional groups attached to an aromatic ring is 1. The number of hydrogen-bond acceptors (Lipinski definition) is 8. The highest BCUT2D eigenvalue weighted by atomic mass is 35.5. The molecule has 0 atom stereocenters. The summed E-state index contributed by atoms with van der Waals surface area (Å²) in [6.45, 7) is 1.91. The quantitative estimate of drug-likeness (QED) is 0.372. The standard InChI is InChI=1S/C23H26ClF3N6O3S/c1-37(34,35)11-10-33-8-6-17(7-9-33)36-16-4-2-14(3-5-16)20-18(23(25,26)27)12-15(13-19(20)24)29-22-30-21(28)31-32-22/h2-5,12-13,17H,6-11H2,1H3,(H4,28,29,30,31,32). The number of ether oxygens (including phenoxy) is 1. The molecule has 0 amide bonds. The number of aromatic nitrogens is 3. The molecule has 4 rings (SSSR count). The minimum atomic E-state index is -4.67. The first kappa shape index (κ1) is 27.0. The molecular formula is C23H26ClF3N6O3S. The van der Waals surface area contributed by atoms with Crippen molar-refractivity contribution >= 4 is 39.0 Å². The maximum atomic E-state index is 14.0. The summed E-state index contributed by atoms with van der Waals surface area (Å²) in [5, 5.41) is 8.71. The molecule has 4 N–H and O–H groups in total. The molecule has 9 nitrogen and oxygen atoms in total. The first-order valence-electron chi connectivity index (χ1n) is 11.4. The van der Waals surface area contributed by atoms with Crippen LogP contribution in [0.3, 0.4) is 0 Å². The van der Waals surface area contributed by atoms with E-state index in [2.05, 4.69) is 25.4 Å². The highest BCUT2D eigenvalue weighted by molar-refractivity contribution is 7.90. The third kappa shape index (κ3) is 7.27. The van der Waals surface area contributed by atoms with Crippen molar-refractivity contribution in [1.82, 2.24) is 20.1 Å². The first-order chi connectivity index (χ1) is 17.4. The van der Waals surface area contributed by atoms with Gasteiger partial charge in [0.1, 0.15) is 21.7 Å². The molecule has 0 bridgehead atoms. The maximum Gasteiger partial charge on any atom is 0.417 e. The molecule has 1 aromatic heterocycles. The van der Waals surface area contributed by atoms with E-state index < -0.39 is 21.6 Å². The number of nitrogens with two attached hydrogens (primary N) is 1. The molecule has 1 saturated heterocycles. The van der Waals surface area contributed by atoms with Crippen LogP contribution in [0.5, 0.6) is 5.75 Å². The van der Waals surface area contributed by atoms with Crippen molar-refractivity contribution in [3.63, 3.8) is 0 Å². The Morgan fingerprint density at radius 1 is 1.22 bits per heavy atom. The Balaban J connectivity index is 1.46. The van der Waals surface area contributed by atoms with Crippen LogP contribution >= 0.6 is 11.6 Å². The van der Waals surface area contributed by atoms with Crippen LogP contribution in [-0.4, -0.2) is 66.2 Å². The van der Waals surface area contributed by atoms with Crippen LogP contribution in [0, 0.1) is 0 Å². The predicted octanol–water partition coefficient (Wildman–Crippen LogP) is 4.36. The molecule has 1 aliphatic heterocycles. The van der Waals surface area contributed by atoms with Gasteiger partial charge in [-0.1, -0.05) is 23.7 Å². The first-order valence-corrected chi connectivity index (χ1v) is 13.8. The van der Waals surface area contributed by atoms with E-state index in [0.29, 0.717) is 25.4 Å². The van der Waals surface area contributed by atoms with E-state index in [1.165, 1.54) is 24.5 Å². The summed E-state index contributed by atoms with van der Waals surface area (Å²) in [6.07, 6.45) is -2.07. The second kappa shape index (κ2) is 10.8. The van der Waals surface area contributed by atoms with E-state index >= 15 is 0 Å². The fourth-order valence-electron chi connectivity index (χ4n) is 4.09. The molecule has 37 heavy (non-hydrogen) atoms. The fraction of sp³-hybridized carbons (Fsp3) is 0.391. The van der Waals surface area contributed by atoms with Gasteiger partial charge in [-0.15, -0.1) is 5.10 Å². The SMILES string of the molecule is CS(=O)(=O)CCN1CCC(Oc2ccc(-c3c(Cl)cc(Nc4n[nH]c(N)n4)cc3C(F)(F)F)cc2)CC1. The number of likely N-dealkylation sites (tertiary alicyclic amines) is 1. The van der Waals surface area contributed by atoms with Crippen LogP contribution in [0.15, 0.2) is 36.4 Å². The number of nitrogens with one attached hydrogen (secondary N) is 2. The Kier molecular flexibility index (Phi) is 7.85. The van der Waals surface area contributed by atoms with Crippen molar-refractivity contribution in [3.8, 4) is 16.9 Å². The summed E-state index contributed by atoms with van der Waals surface area (Å²) in [5.74, 6) is 0.676. The van der Waals surface area contributed by atoms with Crippen LogP contribution in [-0.2, 0) is 16.0 Å². The summed E-state index contributed by atoms with van der Waals surface area (Å²) in [6, 6.07) is 8.61. The Morgan fingerprint density at radius 3 is 2.46 bits per heavy atom. The van der Waals surface area contributed by atoms with Crippen LogP contribution in [0.4, 0.5) is 30.8 Å². The average molecular weight is 559 g/mol. The summed E-state index contributed by atoms with van der Waals surface area (Å²) in [4.78, 5) is 5.91. The van der Waals surface area contributed by atoms with Crippen LogP contribution in [0.2, 0.25) is 5.02 Å². The number of aromatic amines is 1. The van der Waals surface area contributed by atoms with Gasteiger partial charge in [0.15, 0.2) is 0 Å². The number of rotatable bonds is 8. The van der Waals surface area contributed by atoms with Crippen LogP contribution in [0.1, 0.15) is 18.4 Å². The lowest BCUT2D eigenvalue weighted by Crippen LogP contribution is -2.40. The van der Waals surface area contributed by atoms with Crippen molar-refractivity contribution in [2.24, 2.45) is 0 Å². The van der Waals surface area contributed by atoms with Gasteiger partial charge < -0.3 is 20.7 Å². The van der Waals surface area contributed by atoms with E-state index in [-0.39, 0.29) is 45.6 Å². The fourth-order valence-corrected chi connectivity index (χ4v) is 5.01. The van der Waals surface area contributed by atoms with Crippen molar-refractivity contribution in [2.75, 3.05) is 42.7 Å². The molecule has 2 heterocycles. The van der Waals surface area contributed by atoms with Gasteiger partial charge in [0.25, 0.3) is 0 Å². The molecule has 14 heteroatoms. The minimum Gasteiger partial charge on any atom is -0.490 e. The number of nitrogens with zero attached hydrogens (tertiary/aromatic N) is 3. The van der Waals surface area contributed by atoms with Crippen LogP contribution in [0.25, 0.3) is 11.1 Å². The molecule has 1 aliphatic rings. The molecule has 0 unspecified atom stereocenters. The van der Waals surface area contributed by atoms with Crippen molar-refractivity contribution in [1.29, 1.82) is 0 Å². The zero-order chi connectivity index (χ0) is 26.8. The summed E-state index contributed by atoms with van der Waals surface area (Å²) in [5.41, 5.74) is 4.73. The molecule has 3 aromatic rings. The highest BCUT2D eigenvalue weighted by Gasteiger charge is 2.35. The zero-order valence-corrected chi connectivity index (χ0v) is 21.4. The third-order valence-electron chi connectivity index (χ3n) is 5.91. The number of sulfone groups is 1. The highest BCUT2D eigenvalue weighted by Crippen LogP contribution is 2.43. The molecule has 0 aliphatic carbocycles. The van der Waals surface area contributed by atoms with E-state index in [0.717, 1.165) is 18.9 Å². The number of halogens is 4. The van der Waals surface area contributed by atoms with Gasteiger partial charge >= 0.3 is 6.18 Å². The smallest absolute Gasteiger partial charge is 0.417 e. The summed E-state index contributed by atoms with van der Waals surface area (Å²) < 4.78 is 70.7. The number of benzene rings is 2. The van der Waals surface area contributed by atoms with Gasteiger partial charge in [-0.25, -0.2) is 13.5 Å². The van der Waals surface area contributed by atoms with Gasteiger partial charge in [-0.2, -0.15) is 18.2 Å². The number of anilines is 3. The van der Waals surface area contributed by atoms with Gasteiger partial charge in [0, 0.05) is 37.1 Å².